The van der Waals surface area contributed by atoms with Crippen LogP contribution in [0.15, 0.2) is 6.20 Å². The summed E-state index contributed by atoms with van der Waals surface area (Å²) in [5, 5.41) is 7.39. The summed E-state index contributed by atoms with van der Waals surface area (Å²) >= 11 is 0. The summed E-state index contributed by atoms with van der Waals surface area (Å²) in [5.41, 5.74) is 1.93. The average molecular weight is 265 g/mol. The van der Waals surface area contributed by atoms with Crippen LogP contribution in [0.1, 0.15) is 18.2 Å². The Labute approximate surface area is 104 Å². The quantitative estimate of drug-likeness (QED) is 0.765. The summed E-state index contributed by atoms with van der Waals surface area (Å²) in [7, 11) is 0. The van der Waals surface area contributed by atoms with Gasteiger partial charge in [0.1, 0.15) is 6.61 Å². The number of nitrogens with zero attached hydrogens (tertiary/aromatic N) is 2. The van der Waals surface area contributed by atoms with Crippen molar-refractivity contribution >= 4 is 0 Å². The van der Waals surface area contributed by atoms with Gasteiger partial charge >= 0.3 is 6.18 Å². The highest BCUT2D eigenvalue weighted by Crippen LogP contribution is 2.14. The zero-order valence-corrected chi connectivity index (χ0v) is 10.5. The van der Waals surface area contributed by atoms with Gasteiger partial charge in [-0.3, -0.25) is 4.68 Å². The fourth-order valence-corrected chi connectivity index (χ4v) is 1.45. The van der Waals surface area contributed by atoms with E-state index in [1.807, 2.05) is 20.0 Å². The van der Waals surface area contributed by atoms with E-state index in [4.69, 9.17) is 0 Å². The third kappa shape index (κ3) is 5.50. The van der Waals surface area contributed by atoms with Crippen molar-refractivity contribution in [3.8, 4) is 0 Å². The van der Waals surface area contributed by atoms with Gasteiger partial charge in [-0.25, -0.2) is 0 Å². The Bertz CT molecular complexity index is 363. The molecule has 0 radical (unpaired) electrons. The van der Waals surface area contributed by atoms with E-state index in [1.54, 1.807) is 4.68 Å². The van der Waals surface area contributed by atoms with Crippen LogP contribution in [0.5, 0.6) is 0 Å². The van der Waals surface area contributed by atoms with E-state index < -0.39 is 12.8 Å². The minimum absolute atomic E-state index is 0.00127. The zero-order chi connectivity index (χ0) is 13.6. The van der Waals surface area contributed by atoms with E-state index in [9.17, 15) is 13.2 Å². The lowest BCUT2D eigenvalue weighted by Crippen LogP contribution is -2.19. The molecule has 1 aromatic rings. The minimum Gasteiger partial charge on any atom is -0.370 e. The van der Waals surface area contributed by atoms with Crippen molar-refractivity contribution in [3.63, 3.8) is 0 Å². The predicted molar refractivity (Wildman–Crippen MR) is 61.2 cm³/mol. The van der Waals surface area contributed by atoms with Crippen LogP contribution in [0.25, 0.3) is 0 Å². The SMILES string of the molecule is CCNCc1cn(CCOCC(F)(F)F)nc1C. The Morgan fingerprint density at radius 1 is 1.44 bits per heavy atom. The summed E-state index contributed by atoms with van der Waals surface area (Å²) in [6.45, 7) is 4.57. The maximum atomic E-state index is 11.8. The van der Waals surface area contributed by atoms with Crippen LogP contribution in [0, 0.1) is 6.92 Å². The fourth-order valence-electron chi connectivity index (χ4n) is 1.45. The highest BCUT2D eigenvalue weighted by atomic mass is 19.4. The van der Waals surface area contributed by atoms with Crippen molar-refractivity contribution in [1.82, 2.24) is 15.1 Å². The first kappa shape index (κ1) is 15.0. The Morgan fingerprint density at radius 2 is 2.17 bits per heavy atom. The molecule has 0 aliphatic heterocycles. The van der Waals surface area contributed by atoms with Gasteiger partial charge in [0.2, 0.25) is 0 Å². The number of aryl methyl sites for hydroxylation is 1. The molecule has 104 valence electrons. The summed E-state index contributed by atoms with van der Waals surface area (Å²) in [6, 6.07) is 0. The highest BCUT2D eigenvalue weighted by Gasteiger charge is 2.27. The van der Waals surface area contributed by atoms with Gasteiger partial charge in [0, 0.05) is 18.3 Å². The lowest BCUT2D eigenvalue weighted by molar-refractivity contribution is -0.174. The molecule has 0 unspecified atom stereocenters. The maximum Gasteiger partial charge on any atom is 0.411 e. The van der Waals surface area contributed by atoms with E-state index in [1.165, 1.54) is 0 Å². The molecule has 0 saturated carbocycles. The molecule has 0 atom stereocenters. The van der Waals surface area contributed by atoms with Gasteiger partial charge in [0.05, 0.1) is 18.8 Å². The lowest BCUT2D eigenvalue weighted by atomic mass is 10.2. The molecule has 0 saturated heterocycles. The summed E-state index contributed by atoms with van der Waals surface area (Å²) in [5.74, 6) is 0. The number of aromatic nitrogens is 2. The van der Waals surface area contributed by atoms with Crippen molar-refractivity contribution in [2.24, 2.45) is 0 Å². The average Bonchev–Trinajstić information content (AvgIpc) is 2.61. The van der Waals surface area contributed by atoms with Gasteiger partial charge in [0.15, 0.2) is 0 Å². The molecule has 1 heterocycles. The van der Waals surface area contributed by atoms with Crippen LogP contribution < -0.4 is 5.32 Å². The highest BCUT2D eigenvalue weighted by molar-refractivity contribution is 5.14. The molecule has 0 aliphatic carbocycles. The molecule has 18 heavy (non-hydrogen) atoms. The summed E-state index contributed by atoms with van der Waals surface area (Å²) in [4.78, 5) is 0. The van der Waals surface area contributed by atoms with Gasteiger partial charge in [-0.2, -0.15) is 18.3 Å². The number of hydrogen-bond donors (Lipinski definition) is 1. The topological polar surface area (TPSA) is 39.1 Å². The number of halogens is 3. The Morgan fingerprint density at radius 3 is 2.78 bits per heavy atom. The molecule has 0 spiro atoms. The third-order valence-electron chi connectivity index (χ3n) is 2.34. The standard InChI is InChI=1S/C11H18F3N3O/c1-3-15-6-10-7-17(16-9(10)2)4-5-18-8-11(12,13)14/h7,15H,3-6,8H2,1-2H3. The largest absolute Gasteiger partial charge is 0.411 e. The lowest BCUT2D eigenvalue weighted by Gasteiger charge is -2.07. The second-order valence-electron chi connectivity index (χ2n) is 3.95. The minimum atomic E-state index is -4.27. The van der Waals surface area contributed by atoms with Gasteiger partial charge in [0.25, 0.3) is 0 Å². The molecule has 7 heteroatoms. The first-order chi connectivity index (χ1) is 8.42. The molecule has 1 rings (SSSR count). The van der Waals surface area contributed by atoms with Crippen LogP contribution in [0.4, 0.5) is 13.2 Å². The van der Waals surface area contributed by atoms with Crippen molar-refractivity contribution in [3.05, 3.63) is 17.5 Å². The van der Waals surface area contributed by atoms with E-state index in [0.717, 1.165) is 17.8 Å². The second-order valence-corrected chi connectivity index (χ2v) is 3.95. The number of rotatable bonds is 7. The van der Waals surface area contributed by atoms with Crippen LogP contribution >= 0.6 is 0 Å². The normalized spacial score (nSPS) is 12.1. The summed E-state index contributed by atoms with van der Waals surface area (Å²) < 4.78 is 41.6. The second kappa shape index (κ2) is 6.75. The van der Waals surface area contributed by atoms with Crippen LogP contribution in [0.2, 0.25) is 0 Å². The number of ether oxygens (including phenoxy) is 1. The van der Waals surface area contributed by atoms with Crippen LogP contribution in [-0.2, 0) is 17.8 Å². The predicted octanol–water partition coefficient (Wildman–Crippen LogP) is 1.88. The van der Waals surface area contributed by atoms with Crippen LogP contribution in [0.3, 0.4) is 0 Å². The van der Waals surface area contributed by atoms with Crippen molar-refractivity contribution in [2.75, 3.05) is 19.8 Å². The van der Waals surface area contributed by atoms with Crippen molar-refractivity contribution in [1.29, 1.82) is 0 Å². The first-order valence-corrected chi connectivity index (χ1v) is 5.80. The Hall–Kier alpha value is -1.08. The molecule has 1 aromatic heterocycles. The fraction of sp³-hybridized carbons (Fsp3) is 0.727. The van der Waals surface area contributed by atoms with Crippen LogP contribution in [-0.4, -0.2) is 35.7 Å². The van der Waals surface area contributed by atoms with Gasteiger partial charge in [-0.05, 0) is 13.5 Å². The molecule has 0 amide bonds. The number of hydrogen-bond acceptors (Lipinski definition) is 3. The Balaban J connectivity index is 2.34. The van der Waals surface area contributed by atoms with E-state index in [0.29, 0.717) is 13.1 Å². The van der Waals surface area contributed by atoms with Crippen molar-refractivity contribution < 1.29 is 17.9 Å². The smallest absolute Gasteiger partial charge is 0.370 e. The van der Waals surface area contributed by atoms with Gasteiger partial charge in [-0.1, -0.05) is 6.92 Å². The van der Waals surface area contributed by atoms with Gasteiger partial charge in [-0.15, -0.1) is 0 Å². The monoisotopic (exact) mass is 265 g/mol. The van der Waals surface area contributed by atoms with E-state index in [2.05, 4.69) is 15.2 Å². The molecular formula is C11H18F3N3O. The molecule has 0 fully saturated rings. The molecule has 0 aliphatic rings. The Kier molecular flexibility index (Phi) is 5.61. The summed E-state index contributed by atoms with van der Waals surface area (Å²) in [6.07, 6.45) is -2.44. The number of alkyl halides is 3. The molecular weight excluding hydrogens is 247 g/mol. The van der Waals surface area contributed by atoms with Gasteiger partial charge < -0.3 is 10.1 Å². The molecule has 1 N–H and O–H groups in total. The third-order valence-corrected chi connectivity index (χ3v) is 2.34. The van der Waals surface area contributed by atoms with E-state index in [-0.39, 0.29) is 6.61 Å². The molecule has 4 nitrogen and oxygen atoms in total. The zero-order valence-electron chi connectivity index (χ0n) is 10.5. The first-order valence-electron chi connectivity index (χ1n) is 5.80. The maximum absolute atomic E-state index is 11.8. The van der Waals surface area contributed by atoms with E-state index >= 15 is 0 Å². The molecule has 0 aromatic carbocycles. The number of nitrogens with one attached hydrogen (secondary N) is 1. The molecule has 0 bridgehead atoms. The van der Waals surface area contributed by atoms with Crippen molar-refractivity contribution in [2.45, 2.75) is 33.1 Å².